The van der Waals surface area contributed by atoms with Gasteiger partial charge in [0.2, 0.25) is 0 Å². The summed E-state index contributed by atoms with van der Waals surface area (Å²) in [4.78, 5) is 37.3. The molecule has 11 nitrogen and oxygen atoms in total. The fourth-order valence-corrected chi connectivity index (χ4v) is 6.10. The fraction of sp³-hybridized carbons (Fsp3) is 0.394. The van der Waals surface area contributed by atoms with E-state index < -0.39 is 42.0 Å². The van der Waals surface area contributed by atoms with Crippen molar-refractivity contribution in [2.24, 2.45) is 0 Å². The molecule has 0 bridgehead atoms. The second-order valence-corrected chi connectivity index (χ2v) is 11.6. The van der Waals surface area contributed by atoms with Gasteiger partial charge in [-0.1, -0.05) is 12.1 Å². The summed E-state index contributed by atoms with van der Waals surface area (Å²) < 4.78 is 101. The number of pyridine rings is 1. The number of aliphatic carboxylic acids is 2. The van der Waals surface area contributed by atoms with Gasteiger partial charge in [0.25, 0.3) is 0 Å². The van der Waals surface area contributed by atoms with Gasteiger partial charge < -0.3 is 30.3 Å². The van der Waals surface area contributed by atoms with Crippen molar-refractivity contribution >= 4 is 23.7 Å². The smallest absolute Gasteiger partial charge is 0.490 e. The van der Waals surface area contributed by atoms with Crippen molar-refractivity contribution in [1.82, 2.24) is 15.2 Å². The van der Waals surface area contributed by atoms with E-state index in [-0.39, 0.29) is 23.2 Å². The summed E-state index contributed by atoms with van der Waals surface area (Å²) in [5, 5.41) is 19.9. The van der Waals surface area contributed by atoms with Gasteiger partial charge >= 0.3 is 30.3 Å². The molecule has 0 radical (unpaired) electrons. The summed E-state index contributed by atoms with van der Waals surface area (Å²) in [5.74, 6) is -6.07. The molecule has 2 aliphatic rings. The minimum atomic E-state index is -5.08. The third-order valence-electron chi connectivity index (χ3n) is 8.44. The number of urea groups is 1. The van der Waals surface area contributed by atoms with E-state index in [1.54, 1.807) is 20.4 Å². The summed E-state index contributed by atoms with van der Waals surface area (Å²) in [7, 11) is 3.28. The highest BCUT2D eigenvalue weighted by molar-refractivity contribution is 5.89. The van der Waals surface area contributed by atoms with Gasteiger partial charge in [-0.2, -0.15) is 26.3 Å². The largest absolute Gasteiger partial charge is 0.493 e. The Morgan fingerprint density at radius 1 is 0.904 bits per heavy atom. The van der Waals surface area contributed by atoms with Crippen molar-refractivity contribution in [3.05, 3.63) is 83.7 Å². The maximum atomic E-state index is 13.6. The monoisotopic (exact) mass is 750 g/mol. The van der Waals surface area contributed by atoms with E-state index in [4.69, 9.17) is 29.3 Å². The quantitative estimate of drug-likeness (QED) is 0.198. The number of amides is 2. The lowest BCUT2D eigenvalue weighted by Crippen LogP contribution is -2.52. The zero-order valence-corrected chi connectivity index (χ0v) is 27.5. The number of nitrogens with zero attached hydrogens (tertiary/aromatic N) is 2. The molecular formula is C33H34F8N4O7. The highest BCUT2D eigenvalue weighted by Crippen LogP contribution is 2.50. The molecule has 19 heteroatoms. The summed E-state index contributed by atoms with van der Waals surface area (Å²) in [6, 6.07) is 13.2. The average Bonchev–Trinajstić information content (AvgIpc) is 3.44. The Morgan fingerprint density at radius 2 is 1.54 bits per heavy atom. The van der Waals surface area contributed by atoms with Crippen LogP contribution in [0.25, 0.3) is 0 Å². The molecule has 3 unspecified atom stereocenters. The van der Waals surface area contributed by atoms with E-state index in [1.165, 1.54) is 11.6 Å². The van der Waals surface area contributed by atoms with E-state index in [0.29, 0.717) is 11.5 Å². The molecule has 2 aromatic carbocycles. The number of anilines is 1. The van der Waals surface area contributed by atoms with E-state index in [9.17, 15) is 39.9 Å². The Bertz CT molecular complexity index is 1670. The van der Waals surface area contributed by atoms with Gasteiger partial charge in [-0.15, -0.1) is 0 Å². The van der Waals surface area contributed by atoms with Crippen molar-refractivity contribution in [3.8, 4) is 11.5 Å². The first-order valence-electron chi connectivity index (χ1n) is 15.3. The number of nitrogens with one attached hydrogen (secondary N) is 2. The normalized spacial score (nSPS) is 19.8. The molecule has 0 spiro atoms. The number of methoxy groups -OCH3 is 2. The lowest BCUT2D eigenvalue weighted by atomic mass is 9.65. The Morgan fingerprint density at radius 3 is 2.08 bits per heavy atom. The molecule has 1 saturated heterocycles. The fourth-order valence-electron chi connectivity index (χ4n) is 6.10. The molecule has 1 aromatic heterocycles. The van der Waals surface area contributed by atoms with Crippen LogP contribution in [0.5, 0.6) is 11.5 Å². The molecule has 2 heterocycles. The number of benzene rings is 2. The van der Waals surface area contributed by atoms with Gasteiger partial charge in [0.05, 0.1) is 14.2 Å². The first kappa shape index (κ1) is 41.2. The zero-order chi connectivity index (χ0) is 38.9. The Kier molecular flexibility index (Phi) is 13.7. The Labute approximate surface area is 291 Å². The van der Waals surface area contributed by atoms with Crippen LogP contribution in [0.4, 0.5) is 45.6 Å². The van der Waals surface area contributed by atoms with Crippen LogP contribution < -0.4 is 20.1 Å². The lowest BCUT2D eigenvalue weighted by molar-refractivity contribution is -0.193. The number of carboxylic acids is 2. The topological polar surface area (TPSA) is 150 Å². The van der Waals surface area contributed by atoms with Gasteiger partial charge in [-0.25, -0.2) is 23.2 Å². The summed E-state index contributed by atoms with van der Waals surface area (Å²) in [5.41, 5.74) is 2.45. The third-order valence-corrected chi connectivity index (χ3v) is 8.44. The summed E-state index contributed by atoms with van der Waals surface area (Å²) >= 11 is 0. The molecule has 1 aliphatic heterocycles. The highest BCUT2D eigenvalue weighted by Gasteiger charge is 2.51. The number of fused-ring (bicyclic) bond motifs is 1. The van der Waals surface area contributed by atoms with Gasteiger partial charge in [-0.05, 0) is 73.7 Å². The Balaban J connectivity index is 0.000000441. The van der Waals surface area contributed by atoms with Crippen molar-refractivity contribution in [1.29, 1.82) is 0 Å². The number of ether oxygens (including phenoxy) is 2. The maximum Gasteiger partial charge on any atom is 0.490 e. The van der Waals surface area contributed by atoms with Gasteiger partial charge in [0, 0.05) is 48.2 Å². The number of carbonyl (C=O) groups is 3. The lowest BCUT2D eigenvalue weighted by Gasteiger charge is -2.45. The van der Waals surface area contributed by atoms with E-state index in [0.717, 1.165) is 56.5 Å². The highest BCUT2D eigenvalue weighted by atomic mass is 19.4. The van der Waals surface area contributed by atoms with Crippen LogP contribution in [0.3, 0.4) is 0 Å². The molecule has 1 saturated carbocycles. The van der Waals surface area contributed by atoms with Gasteiger partial charge in [-0.3, -0.25) is 9.88 Å². The predicted molar refractivity (Wildman–Crippen MR) is 168 cm³/mol. The van der Waals surface area contributed by atoms with Crippen LogP contribution >= 0.6 is 0 Å². The molecule has 2 fully saturated rings. The van der Waals surface area contributed by atoms with Crippen molar-refractivity contribution in [2.75, 3.05) is 26.1 Å². The number of halogens is 8. The van der Waals surface area contributed by atoms with Crippen molar-refractivity contribution in [3.63, 3.8) is 0 Å². The molecule has 3 aromatic rings. The Hall–Kier alpha value is -5.20. The van der Waals surface area contributed by atoms with E-state index >= 15 is 0 Å². The molecule has 1 aliphatic carbocycles. The average molecular weight is 751 g/mol. The number of carbonyl (C=O) groups excluding carboxylic acids is 1. The molecular weight excluding hydrogens is 716 g/mol. The van der Waals surface area contributed by atoms with Crippen LogP contribution in [0.1, 0.15) is 36.8 Å². The number of likely N-dealkylation sites (tertiary alicyclic amines) is 1. The molecule has 52 heavy (non-hydrogen) atoms. The van der Waals surface area contributed by atoms with Crippen molar-refractivity contribution in [2.45, 2.75) is 62.1 Å². The molecule has 284 valence electrons. The van der Waals surface area contributed by atoms with Crippen LogP contribution in [0, 0.1) is 11.6 Å². The third kappa shape index (κ3) is 10.9. The molecule has 3 atom stereocenters. The van der Waals surface area contributed by atoms with E-state index in [1.807, 2.05) is 18.3 Å². The number of carboxylic acid groups (broad SMARTS) is 2. The standard InChI is InChI=1S/C29H32F2N4O3.2C2HF3O2/c1-37-25-8-5-20(14-26(25)38-2)29-10-9-22(34-28(36)33-21-6-7-23(30)24(31)15-21)16-27(29)35(13-11-29)18-19-4-3-12-32-17-19;2*3-2(4,5)1(6)7/h3-8,12,14-15,17,22,27H,9-11,13,16,18H2,1-2H3,(H2,33,34,36);2*(H,6,7). The van der Waals surface area contributed by atoms with Gasteiger partial charge in [0.1, 0.15) is 0 Å². The van der Waals surface area contributed by atoms with Crippen LogP contribution in [-0.4, -0.2) is 83.3 Å². The van der Waals surface area contributed by atoms with Crippen LogP contribution in [0.2, 0.25) is 0 Å². The molecule has 5 rings (SSSR count). The van der Waals surface area contributed by atoms with Crippen LogP contribution in [-0.2, 0) is 21.5 Å². The zero-order valence-electron chi connectivity index (χ0n) is 27.5. The summed E-state index contributed by atoms with van der Waals surface area (Å²) in [6.07, 6.45) is -3.09. The number of rotatable bonds is 7. The minimum absolute atomic E-state index is 0.0759. The van der Waals surface area contributed by atoms with E-state index in [2.05, 4.69) is 38.7 Å². The predicted octanol–water partition coefficient (Wildman–Crippen LogP) is 6.53. The minimum Gasteiger partial charge on any atom is -0.493 e. The molecule has 2 amide bonds. The summed E-state index contributed by atoms with van der Waals surface area (Å²) in [6.45, 7) is 1.68. The van der Waals surface area contributed by atoms with Crippen LogP contribution in [0.15, 0.2) is 60.9 Å². The second-order valence-electron chi connectivity index (χ2n) is 11.6. The first-order chi connectivity index (χ1) is 24.3. The first-order valence-corrected chi connectivity index (χ1v) is 15.3. The maximum absolute atomic E-state index is 13.6. The second kappa shape index (κ2) is 17.3. The number of hydrogen-bond donors (Lipinski definition) is 4. The van der Waals surface area contributed by atoms with Gasteiger partial charge in [0.15, 0.2) is 23.1 Å². The number of hydrogen-bond acceptors (Lipinski definition) is 7. The number of alkyl halides is 6. The SMILES string of the molecule is COc1ccc(C23CCC(NC(=O)Nc4ccc(F)c(F)c4)CC2N(Cc2cccnc2)CC3)cc1OC.O=C(O)C(F)(F)F.O=C(O)C(F)(F)F. The molecule has 4 N–H and O–H groups in total. The van der Waals surface area contributed by atoms with Crippen molar-refractivity contribution < 1.29 is 69.2 Å². The number of aromatic nitrogens is 1.